The summed E-state index contributed by atoms with van der Waals surface area (Å²) >= 11 is 0. The predicted molar refractivity (Wildman–Crippen MR) is 118 cm³/mol. The van der Waals surface area contributed by atoms with Crippen LogP contribution in [0.25, 0.3) is 17.1 Å². The Morgan fingerprint density at radius 2 is 1.77 bits per heavy atom. The molecule has 1 aromatic heterocycles. The number of hydrogen-bond donors (Lipinski definition) is 2. The fourth-order valence-electron chi connectivity index (χ4n) is 4.04. The van der Waals surface area contributed by atoms with E-state index in [2.05, 4.69) is 28.9 Å². The van der Waals surface area contributed by atoms with Crippen LogP contribution in [-0.2, 0) is 11.3 Å². The van der Waals surface area contributed by atoms with Crippen molar-refractivity contribution in [2.75, 3.05) is 13.1 Å². The number of likely N-dealkylation sites (tertiary alicyclic amines) is 1. The van der Waals surface area contributed by atoms with Crippen molar-refractivity contribution in [2.45, 2.75) is 39.2 Å². The van der Waals surface area contributed by atoms with Gasteiger partial charge in [0.05, 0.1) is 11.3 Å². The van der Waals surface area contributed by atoms with Crippen molar-refractivity contribution in [3.63, 3.8) is 0 Å². The Labute approximate surface area is 182 Å². The summed E-state index contributed by atoms with van der Waals surface area (Å²) in [6.07, 6.45) is 2.90. The smallest absolute Gasteiger partial charge is 0.319 e. The summed E-state index contributed by atoms with van der Waals surface area (Å²) in [6, 6.07) is 13.1. The molecule has 0 atom stereocenters. The first-order chi connectivity index (χ1) is 15.0. The Kier molecular flexibility index (Phi) is 6.04. The first kappa shape index (κ1) is 21.1. The minimum Gasteiger partial charge on any atom is -0.507 e. The number of hydrogen-bond acceptors (Lipinski definition) is 6. The molecule has 7 heteroatoms. The van der Waals surface area contributed by atoms with Crippen LogP contribution in [0.15, 0.2) is 42.5 Å². The van der Waals surface area contributed by atoms with E-state index < -0.39 is 0 Å². The lowest BCUT2D eigenvalue weighted by atomic mass is 9.98. The average molecular weight is 421 g/mol. The zero-order valence-corrected chi connectivity index (χ0v) is 17.9. The zero-order valence-electron chi connectivity index (χ0n) is 17.9. The molecule has 162 valence electrons. The molecule has 2 N–H and O–H groups in total. The molecule has 1 aliphatic rings. The fraction of sp³-hybridized carbons (Fsp3) is 0.375. The SMILES string of the molecule is CC(C)c1ccc(O)c(-c2nnc(O)n2-c2ccc(CN3CCC(C=O)CC3)cc2)c1. The molecule has 0 saturated carbocycles. The molecule has 1 aliphatic heterocycles. The number of aromatic nitrogens is 3. The third-order valence-corrected chi connectivity index (χ3v) is 6.00. The lowest BCUT2D eigenvalue weighted by Crippen LogP contribution is -2.33. The van der Waals surface area contributed by atoms with Gasteiger partial charge in [0.2, 0.25) is 0 Å². The molecule has 2 aromatic carbocycles. The van der Waals surface area contributed by atoms with E-state index in [0.29, 0.717) is 17.3 Å². The maximum absolute atomic E-state index is 10.9. The molecule has 4 rings (SSSR count). The number of nitrogens with zero attached hydrogens (tertiary/aromatic N) is 4. The van der Waals surface area contributed by atoms with Gasteiger partial charge in [0, 0.05) is 12.5 Å². The quantitative estimate of drug-likeness (QED) is 0.588. The monoisotopic (exact) mass is 420 g/mol. The highest BCUT2D eigenvalue weighted by Gasteiger charge is 2.20. The lowest BCUT2D eigenvalue weighted by Gasteiger charge is -2.29. The minimum atomic E-state index is -0.229. The van der Waals surface area contributed by atoms with Crippen LogP contribution in [0.1, 0.15) is 43.7 Å². The van der Waals surface area contributed by atoms with E-state index >= 15 is 0 Å². The van der Waals surface area contributed by atoms with Gasteiger partial charge in [-0.3, -0.25) is 4.90 Å². The maximum atomic E-state index is 10.9. The summed E-state index contributed by atoms with van der Waals surface area (Å²) in [7, 11) is 0. The van der Waals surface area contributed by atoms with Gasteiger partial charge in [0.25, 0.3) is 0 Å². The maximum Gasteiger partial charge on any atom is 0.319 e. The second-order valence-corrected chi connectivity index (χ2v) is 8.51. The second kappa shape index (κ2) is 8.89. The van der Waals surface area contributed by atoms with Crippen LogP contribution in [0.2, 0.25) is 0 Å². The van der Waals surface area contributed by atoms with Crippen LogP contribution in [0.3, 0.4) is 0 Å². The van der Waals surface area contributed by atoms with E-state index in [1.807, 2.05) is 36.4 Å². The first-order valence-electron chi connectivity index (χ1n) is 10.7. The van der Waals surface area contributed by atoms with Gasteiger partial charge in [0.1, 0.15) is 12.0 Å². The van der Waals surface area contributed by atoms with Crippen molar-refractivity contribution in [3.05, 3.63) is 53.6 Å². The number of phenols is 1. The van der Waals surface area contributed by atoms with Gasteiger partial charge in [0.15, 0.2) is 5.82 Å². The number of aromatic hydroxyl groups is 2. The van der Waals surface area contributed by atoms with Gasteiger partial charge in [-0.25, -0.2) is 4.57 Å². The molecule has 0 spiro atoms. The van der Waals surface area contributed by atoms with Crippen molar-refractivity contribution < 1.29 is 15.0 Å². The number of rotatable bonds is 6. The highest BCUT2D eigenvalue weighted by atomic mass is 16.3. The third kappa shape index (κ3) is 4.46. The van der Waals surface area contributed by atoms with E-state index in [9.17, 15) is 15.0 Å². The highest BCUT2D eigenvalue weighted by molar-refractivity contribution is 5.67. The summed E-state index contributed by atoms with van der Waals surface area (Å²) in [5.41, 5.74) is 3.47. The molecule has 1 fully saturated rings. The predicted octanol–water partition coefficient (Wildman–Crippen LogP) is 3.88. The summed E-state index contributed by atoms with van der Waals surface area (Å²) < 4.78 is 1.54. The van der Waals surface area contributed by atoms with Crippen LogP contribution >= 0.6 is 0 Å². The van der Waals surface area contributed by atoms with E-state index in [0.717, 1.165) is 55.6 Å². The standard InChI is InChI=1S/C24H28N4O3/c1-16(2)19-5-8-22(30)21(13-19)23-25-26-24(31)28(23)20-6-3-17(4-7-20)14-27-11-9-18(15-29)10-12-27/h3-8,13,15-16,18,30H,9-12,14H2,1-2H3,(H,26,31). The van der Waals surface area contributed by atoms with E-state index in [4.69, 9.17) is 0 Å². The fourth-order valence-corrected chi connectivity index (χ4v) is 4.04. The van der Waals surface area contributed by atoms with Gasteiger partial charge in [-0.15, -0.1) is 5.10 Å². The largest absolute Gasteiger partial charge is 0.507 e. The van der Waals surface area contributed by atoms with Crippen LogP contribution in [0, 0.1) is 5.92 Å². The average Bonchev–Trinajstić information content (AvgIpc) is 3.16. The van der Waals surface area contributed by atoms with Crippen LogP contribution in [0.4, 0.5) is 0 Å². The van der Waals surface area contributed by atoms with Crippen molar-refractivity contribution in [1.29, 1.82) is 0 Å². The molecule has 0 unspecified atom stereocenters. The van der Waals surface area contributed by atoms with Crippen LogP contribution < -0.4 is 0 Å². The van der Waals surface area contributed by atoms with Gasteiger partial charge in [-0.2, -0.15) is 0 Å². The van der Waals surface area contributed by atoms with Gasteiger partial charge in [-0.05, 0) is 67.2 Å². The molecule has 7 nitrogen and oxygen atoms in total. The lowest BCUT2D eigenvalue weighted by molar-refractivity contribution is -0.112. The molecule has 2 heterocycles. The van der Waals surface area contributed by atoms with Gasteiger partial charge in [-0.1, -0.05) is 37.1 Å². The Morgan fingerprint density at radius 1 is 1.06 bits per heavy atom. The number of carbonyl (C=O) groups excluding carboxylic acids is 1. The number of carbonyl (C=O) groups is 1. The Balaban J connectivity index is 1.58. The Bertz CT molecular complexity index is 1050. The summed E-state index contributed by atoms with van der Waals surface area (Å²) in [5, 5.41) is 28.7. The summed E-state index contributed by atoms with van der Waals surface area (Å²) in [5.74, 6) is 0.967. The molecule has 0 bridgehead atoms. The van der Waals surface area contributed by atoms with E-state index in [1.54, 1.807) is 10.6 Å². The molecule has 31 heavy (non-hydrogen) atoms. The second-order valence-electron chi connectivity index (χ2n) is 8.51. The van der Waals surface area contributed by atoms with Crippen molar-refractivity contribution in [1.82, 2.24) is 19.7 Å². The summed E-state index contributed by atoms with van der Waals surface area (Å²) in [6.45, 7) is 6.83. The number of phenolic OH excluding ortho intramolecular Hbond substituents is 1. The van der Waals surface area contributed by atoms with Crippen molar-refractivity contribution in [3.8, 4) is 28.8 Å². The normalized spacial score (nSPS) is 15.5. The topological polar surface area (TPSA) is 91.5 Å². The zero-order chi connectivity index (χ0) is 22.0. The number of benzene rings is 2. The summed E-state index contributed by atoms with van der Waals surface area (Å²) in [4.78, 5) is 13.3. The molecule has 0 amide bonds. The van der Waals surface area contributed by atoms with E-state index in [-0.39, 0.29) is 17.7 Å². The molecule has 0 aliphatic carbocycles. The number of piperidine rings is 1. The van der Waals surface area contributed by atoms with Crippen LogP contribution in [0.5, 0.6) is 11.8 Å². The third-order valence-electron chi connectivity index (χ3n) is 6.00. The molecule has 3 aromatic rings. The molecular weight excluding hydrogens is 392 g/mol. The van der Waals surface area contributed by atoms with Crippen molar-refractivity contribution >= 4 is 6.29 Å². The van der Waals surface area contributed by atoms with Gasteiger partial charge >= 0.3 is 6.01 Å². The highest BCUT2D eigenvalue weighted by Crippen LogP contribution is 2.34. The van der Waals surface area contributed by atoms with Gasteiger partial charge < -0.3 is 15.0 Å². The van der Waals surface area contributed by atoms with Crippen LogP contribution in [-0.4, -0.2) is 49.3 Å². The molecular formula is C24H28N4O3. The Morgan fingerprint density at radius 3 is 2.42 bits per heavy atom. The van der Waals surface area contributed by atoms with E-state index in [1.165, 1.54) is 0 Å². The molecule has 1 saturated heterocycles. The molecule has 0 radical (unpaired) electrons. The minimum absolute atomic E-state index is 0.0911. The number of aldehydes is 1. The van der Waals surface area contributed by atoms with Crippen molar-refractivity contribution in [2.24, 2.45) is 5.92 Å². The Hall–Kier alpha value is -3.19. The first-order valence-corrected chi connectivity index (χ1v) is 10.7.